The van der Waals surface area contributed by atoms with Gasteiger partial charge in [-0.05, 0) is 24.7 Å². The fourth-order valence-corrected chi connectivity index (χ4v) is 3.76. The Hall–Kier alpha value is -1.15. The number of carbonyl (C=O) groups excluding carboxylic acids is 2. The Morgan fingerprint density at radius 2 is 1.40 bits per heavy atom. The normalized spacial score (nSPS) is 14.6. The van der Waals surface area contributed by atoms with Crippen LogP contribution in [0.15, 0.2) is 0 Å². The van der Waals surface area contributed by atoms with Gasteiger partial charge in [-0.2, -0.15) is 8.42 Å². The highest BCUT2D eigenvalue weighted by molar-refractivity contribution is 7.87. The van der Waals surface area contributed by atoms with Gasteiger partial charge in [-0.3, -0.25) is 4.55 Å². The summed E-state index contributed by atoms with van der Waals surface area (Å²) in [7, 11) is -5.14. The quantitative estimate of drug-likeness (QED) is 0.558. The van der Waals surface area contributed by atoms with E-state index in [-0.39, 0.29) is 24.7 Å². The molecule has 0 saturated heterocycles. The first-order valence-corrected chi connectivity index (χ1v) is 7.73. The Kier molecular flexibility index (Phi) is 6.16. The lowest BCUT2D eigenvalue weighted by atomic mass is 9.71. The van der Waals surface area contributed by atoms with Gasteiger partial charge in [0.1, 0.15) is 5.25 Å². The Morgan fingerprint density at radius 3 is 1.55 bits per heavy atom. The zero-order valence-electron chi connectivity index (χ0n) is 12.0. The fraction of sp³-hybridized carbons (Fsp3) is 0.833. The van der Waals surface area contributed by atoms with Crippen molar-refractivity contribution in [1.29, 1.82) is 0 Å². The van der Waals surface area contributed by atoms with E-state index in [1.807, 2.05) is 0 Å². The minimum atomic E-state index is -5.14. The number of carbonyl (C=O) groups is 2. The lowest BCUT2D eigenvalue weighted by Gasteiger charge is -2.42. The summed E-state index contributed by atoms with van der Waals surface area (Å²) in [5, 5.41) is 20.1. The number of hydrogen-bond donors (Lipinski definition) is 1. The van der Waals surface area contributed by atoms with Crippen LogP contribution in [0.3, 0.4) is 0 Å². The molecule has 0 fully saturated rings. The highest BCUT2D eigenvalue weighted by atomic mass is 32.2. The van der Waals surface area contributed by atoms with E-state index in [1.54, 1.807) is 27.7 Å². The number of carboxylic acid groups (broad SMARTS) is 2. The smallest absolute Gasteiger partial charge is 0.274 e. The van der Waals surface area contributed by atoms with Crippen molar-refractivity contribution in [2.45, 2.75) is 45.8 Å². The molecule has 0 aromatic carbocycles. The molecule has 0 heterocycles. The summed E-state index contributed by atoms with van der Waals surface area (Å²) in [6, 6.07) is 0. The van der Waals surface area contributed by atoms with Gasteiger partial charge in [-0.25, -0.2) is 0 Å². The van der Waals surface area contributed by atoms with Gasteiger partial charge in [0.15, 0.2) is 0 Å². The van der Waals surface area contributed by atoms with Crippen LogP contribution in [-0.4, -0.2) is 30.2 Å². The first-order chi connectivity index (χ1) is 8.84. The van der Waals surface area contributed by atoms with Crippen LogP contribution in [-0.2, 0) is 19.7 Å². The number of aliphatic carboxylic acids is 2. The summed E-state index contributed by atoms with van der Waals surface area (Å²) in [5.41, 5.74) is -2.23. The number of hydrogen-bond acceptors (Lipinski definition) is 6. The molecule has 20 heavy (non-hydrogen) atoms. The molecule has 0 radical (unpaired) electrons. The Balaban J connectivity index is 6.16. The molecule has 0 amide bonds. The Morgan fingerprint density at radius 1 is 1.05 bits per heavy atom. The van der Waals surface area contributed by atoms with Crippen molar-refractivity contribution >= 4 is 22.1 Å². The van der Waals surface area contributed by atoms with Crippen LogP contribution in [0.5, 0.6) is 0 Å². The monoisotopic (exact) mass is 308 g/mol. The fourth-order valence-electron chi connectivity index (χ4n) is 2.66. The molecule has 1 unspecified atom stereocenters. The van der Waals surface area contributed by atoms with Gasteiger partial charge in [0.05, 0.1) is 5.97 Å². The zero-order chi connectivity index (χ0) is 16.3. The van der Waals surface area contributed by atoms with Crippen LogP contribution in [0.4, 0.5) is 0 Å². The Bertz CT molecular complexity index is 454. The maximum atomic E-state index is 11.5. The van der Waals surface area contributed by atoms with Gasteiger partial charge in [0.25, 0.3) is 10.1 Å². The summed E-state index contributed by atoms with van der Waals surface area (Å²) in [6.07, 6.45) is -0.516. The lowest BCUT2D eigenvalue weighted by molar-refractivity contribution is -0.329. The van der Waals surface area contributed by atoms with Crippen molar-refractivity contribution in [2.75, 3.05) is 0 Å². The highest BCUT2D eigenvalue weighted by Crippen LogP contribution is 2.39. The SMILES string of the molecule is CC(C)CC(CC(C)C)(C(=O)[O-])C(C(=O)[O-])S(=O)(=O)O. The zero-order valence-corrected chi connectivity index (χ0v) is 12.8. The van der Waals surface area contributed by atoms with Crippen molar-refractivity contribution in [2.24, 2.45) is 17.3 Å². The van der Waals surface area contributed by atoms with Gasteiger partial charge in [-0.15, -0.1) is 0 Å². The van der Waals surface area contributed by atoms with E-state index >= 15 is 0 Å². The third kappa shape index (κ3) is 4.45. The third-order valence-electron chi connectivity index (χ3n) is 2.97. The molecular weight excluding hydrogens is 288 g/mol. The molecule has 1 atom stereocenters. The molecule has 118 valence electrons. The molecule has 0 aromatic heterocycles. The van der Waals surface area contributed by atoms with E-state index in [4.69, 9.17) is 4.55 Å². The predicted molar refractivity (Wildman–Crippen MR) is 66.7 cm³/mol. The molecule has 0 rings (SSSR count). The van der Waals surface area contributed by atoms with Crippen molar-refractivity contribution in [3.63, 3.8) is 0 Å². The van der Waals surface area contributed by atoms with Crippen LogP contribution in [0.1, 0.15) is 40.5 Å². The van der Waals surface area contributed by atoms with Gasteiger partial charge < -0.3 is 19.8 Å². The van der Waals surface area contributed by atoms with E-state index in [0.717, 1.165) is 0 Å². The summed E-state index contributed by atoms with van der Waals surface area (Å²) < 4.78 is 31.8. The summed E-state index contributed by atoms with van der Waals surface area (Å²) in [5.74, 6) is -4.57. The highest BCUT2D eigenvalue weighted by Gasteiger charge is 2.48. The second-order valence-electron chi connectivity index (χ2n) is 5.85. The van der Waals surface area contributed by atoms with E-state index in [2.05, 4.69) is 0 Å². The molecule has 0 aliphatic carbocycles. The van der Waals surface area contributed by atoms with Crippen molar-refractivity contribution in [3.8, 4) is 0 Å². The first-order valence-electron chi connectivity index (χ1n) is 6.23. The molecule has 8 heteroatoms. The average molecular weight is 308 g/mol. The van der Waals surface area contributed by atoms with Crippen LogP contribution in [0.2, 0.25) is 0 Å². The van der Waals surface area contributed by atoms with Crippen LogP contribution >= 0.6 is 0 Å². The van der Waals surface area contributed by atoms with Crippen molar-refractivity contribution < 1.29 is 32.8 Å². The average Bonchev–Trinajstić information content (AvgIpc) is 2.10. The van der Waals surface area contributed by atoms with Crippen LogP contribution < -0.4 is 10.2 Å². The van der Waals surface area contributed by atoms with Crippen molar-refractivity contribution in [3.05, 3.63) is 0 Å². The lowest BCUT2D eigenvalue weighted by Crippen LogP contribution is -2.60. The molecule has 7 nitrogen and oxygen atoms in total. The topological polar surface area (TPSA) is 135 Å². The van der Waals surface area contributed by atoms with Gasteiger partial charge in [0.2, 0.25) is 0 Å². The molecule has 0 aliphatic heterocycles. The van der Waals surface area contributed by atoms with Crippen molar-refractivity contribution in [1.82, 2.24) is 0 Å². The van der Waals surface area contributed by atoms with E-state index in [0.29, 0.717) is 0 Å². The number of carboxylic acids is 2. The number of rotatable bonds is 8. The molecule has 0 aliphatic rings. The molecular formula is C12H20O7S-2. The third-order valence-corrected chi connectivity index (χ3v) is 4.20. The molecule has 0 bridgehead atoms. The van der Waals surface area contributed by atoms with E-state index < -0.39 is 32.7 Å². The largest absolute Gasteiger partial charge is 0.549 e. The van der Waals surface area contributed by atoms with E-state index in [9.17, 15) is 28.2 Å². The molecule has 0 saturated carbocycles. The predicted octanol–water partition coefficient (Wildman–Crippen LogP) is -1.18. The molecule has 0 spiro atoms. The van der Waals surface area contributed by atoms with Gasteiger partial charge in [0, 0.05) is 11.4 Å². The summed E-state index contributed by atoms with van der Waals surface area (Å²) in [4.78, 5) is 22.6. The Labute approximate surface area is 118 Å². The maximum Gasteiger partial charge on any atom is 0.274 e. The standard InChI is InChI=1S/C12H22O7S/c1-7(2)5-12(11(15)16,6-8(3)4)9(10(13)14)20(17,18)19/h7-9H,5-6H2,1-4H3,(H,13,14)(H,15,16)(H,17,18,19)/p-2. The molecule has 0 aromatic rings. The second kappa shape index (κ2) is 6.53. The van der Waals surface area contributed by atoms with Gasteiger partial charge >= 0.3 is 0 Å². The van der Waals surface area contributed by atoms with Crippen LogP contribution in [0.25, 0.3) is 0 Å². The van der Waals surface area contributed by atoms with Gasteiger partial charge in [-0.1, -0.05) is 27.7 Å². The van der Waals surface area contributed by atoms with E-state index in [1.165, 1.54) is 0 Å². The molecule has 1 N–H and O–H groups in total. The van der Waals surface area contributed by atoms with Crippen LogP contribution in [0, 0.1) is 17.3 Å². The first kappa shape index (κ1) is 18.9. The summed E-state index contributed by atoms with van der Waals surface area (Å²) >= 11 is 0. The minimum absolute atomic E-state index is 0.258. The second-order valence-corrected chi connectivity index (χ2v) is 7.35. The maximum absolute atomic E-state index is 11.5. The minimum Gasteiger partial charge on any atom is -0.549 e. The summed E-state index contributed by atoms with van der Waals surface area (Å²) in [6.45, 7) is 6.48.